The summed E-state index contributed by atoms with van der Waals surface area (Å²) in [5, 5.41) is 9.02. The third kappa shape index (κ3) is 2.22. The molecule has 1 aliphatic carbocycles. The van der Waals surface area contributed by atoms with Crippen LogP contribution in [0.25, 0.3) is 0 Å². The largest absolute Gasteiger partial charge is 0.478 e. The van der Waals surface area contributed by atoms with Gasteiger partial charge in [-0.05, 0) is 53.2 Å². The average Bonchev–Trinajstić information content (AvgIpc) is 2.85. The molecular formula is C15H17BrFNO2. The zero-order valence-electron chi connectivity index (χ0n) is 11.1. The molecule has 3 rings (SSSR count). The number of halogens is 2. The summed E-state index contributed by atoms with van der Waals surface area (Å²) in [5.41, 5.74) is 0.516. The van der Waals surface area contributed by atoms with E-state index >= 15 is 0 Å². The summed E-state index contributed by atoms with van der Waals surface area (Å²) < 4.78 is 14.5. The number of aromatic carboxylic acids is 1. The number of hydrogen-bond acceptors (Lipinski definition) is 2. The molecule has 1 saturated carbocycles. The Hall–Kier alpha value is -1.10. The van der Waals surface area contributed by atoms with Crippen LogP contribution in [0.3, 0.4) is 0 Å². The molecule has 1 aliphatic heterocycles. The highest BCUT2D eigenvalue weighted by atomic mass is 79.9. The summed E-state index contributed by atoms with van der Waals surface area (Å²) >= 11 is 3.08. The number of benzene rings is 1. The van der Waals surface area contributed by atoms with Gasteiger partial charge in [0.05, 0.1) is 15.7 Å². The fraction of sp³-hybridized carbons (Fsp3) is 0.533. The highest BCUT2D eigenvalue weighted by Crippen LogP contribution is 2.41. The fourth-order valence-electron chi connectivity index (χ4n) is 3.63. The van der Waals surface area contributed by atoms with Gasteiger partial charge in [0.25, 0.3) is 0 Å². The van der Waals surface area contributed by atoms with E-state index in [2.05, 4.69) is 20.8 Å². The van der Waals surface area contributed by atoms with Gasteiger partial charge in [-0.15, -0.1) is 0 Å². The Morgan fingerprint density at radius 2 is 2.05 bits per heavy atom. The summed E-state index contributed by atoms with van der Waals surface area (Å²) in [4.78, 5) is 13.2. The van der Waals surface area contributed by atoms with Gasteiger partial charge in [0, 0.05) is 12.6 Å². The molecule has 20 heavy (non-hydrogen) atoms. The standard InChI is InChI=1S/C15H17BrFNO2/c16-13-10(15(19)20)5-6-12(14(13)17)18-8-7-9-3-1-2-4-11(9)18/h5-6,9,11H,1-4,7-8H2,(H,19,20). The van der Waals surface area contributed by atoms with Crippen molar-refractivity contribution in [1.82, 2.24) is 0 Å². The lowest BCUT2D eigenvalue weighted by atomic mass is 9.85. The first kappa shape index (κ1) is 13.9. The van der Waals surface area contributed by atoms with E-state index in [0.717, 1.165) is 19.4 Å². The minimum absolute atomic E-state index is 0.0226. The van der Waals surface area contributed by atoms with Crippen molar-refractivity contribution in [3.05, 3.63) is 28.0 Å². The number of carbonyl (C=O) groups is 1. The molecule has 0 radical (unpaired) electrons. The van der Waals surface area contributed by atoms with E-state index < -0.39 is 11.8 Å². The van der Waals surface area contributed by atoms with Crippen molar-refractivity contribution in [1.29, 1.82) is 0 Å². The van der Waals surface area contributed by atoms with E-state index in [4.69, 9.17) is 5.11 Å². The first-order valence-corrected chi connectivity index (χ1v) is 7.87. The molecule has 1 heterocycles. The number of hydrogen-bond donors (Lipinski definition) is 1. The maximum atomic E-state index is 14.5. The number of carboxylic acid groups (broad SMARTS) is 1. The number of fused-ring (bicyclic) bond motifs is 1. The Morgan fingerprint density at radius 1 is 1.30 bits per heavy atom. The molecule has 3 nitrogen and oxygen atoms in total. The second kappa shape index (κ2) is 5.35. The molecule has 5 heteroatoms. The van der Waals surface area contributed by atoms with Gasteiger partial charge < -0.3 is 10.0 Å². The lowest BCUT2D eigenvalue weighted by molar-refractivity contribution is 0.0695. The summed E-state index contributed by atoms with van der Waals surface area (Å²) in [7, 11) is 0. The third-order valence-electron chi connectivity index (χ3n) is 4.61. The van der Waals surface area contributed by atoms with Gasteiger partial charge in [0.1, 0.15) is 0 Å². The van der Waals surface area contributed by atoms with E-state index in [9.17, 15) is 9.18 Å². The second-order valence-corrected chi connectivity index (χ2v) is 6.45. The van der Waals surface area contributed by atoms with E-state index in [1.54, 1.807) is 6.07 Å². The van der Waals surface area contributed by atoms with Crippen LogP contribution in [0.2, 0.25) is 0 Å². The Labute approximate surface area is 125 Å². The normalized spacial score (nSPS) is 25.6. The van der Waals surface area contributed by atoms with Crippen LogP contribution in [0.1, 0.15) is 42.5 Å². The molecule has 2 unspecified atom stereocenters. The summed E-state index contributed by atoms with van der Waals surface area (Å²) in [6.07, 6.45) is 5.94. The monoisotopic (exact) mass is 341 g/mol. The highest BCUT2D eigenvalue weighted by Gasteiger charge is 2.37. The molecule has 2 atom stereocenters. The van der Waals surface area contributed by atoms with Gasteiger partial charge in [0.2, 0.25) is 0 Å². The molecule has 2 fully saturated rings. The Kier molecular flexibility index (Phi) is 3.71. The average molecular weight is 342 g/mol. The lowest BCUT2D eigenvalue weighted by Gasteiger charge is -2.33. The van der Waals surface area contributed by atoms with Gasteiger partial charge >= 0.3 is 5.97 Å². The number of nitrogens with zero attached hydrogens (tertiary/aromatic N) is 1. The van der Waals surface area contributed by atoms with Gasteiger partial charge in [-0.3, -0.25) is 0 Å². The minimum atomic E-state index is -1.11. The molecule has 108 valence electrons. The maximum absolute atomic E-state index is 14.5. The van der Waals surface area contributed by atoms with Crippen molar-refractivity contribution >= 4 is 27.6 Å². The Balaban J connectivity index is 1.95. The van der Waals surface area contributed by atoms with Crippen LogP contribution in [0, 0.1) is 11.7 Å². The summed E-state index contributed by atoms with van der Waals surface area (Å²) in [6.45, 7) is 0.866. The van der Waals surface area contributed by atoms with Crippen LogP contribution in [0.4, 0.5) is 10.1 Å². The molecule has 0 amide bonds. The van der Waals surface area contributed by atoms with Gasteiger partial charge in [-0.25, -0.2) is 9.18 Å². The summed E-state index contributed by atoms with van der Waals surface area (Å²) in [5.74, 6) is -0.892. The van der Waals surface area contributed by atoms with Crippen LogP contribution in [-0.2, 0) is 0 Å². The van der Waals surface area contributed by atoms with Crippen LogP contribution >= 0.6 is 15.9 Å². The van der Waals surface area contributed by atoms with Crippen molar-refractivity contribution in [2.24, 2.45) is 5.92 Å². The molecule has 1 aromatic rings. The lowest BCUT2D eigenvalue weighted by Crippen LogP contribution is -2.35. The molecule has 0 bridgehead atoms. The van der Waals surface area contributed by atoms with Gasteiger partial charge in [-0.1, -0.05) is 12.8 Å². The number of carboxylic acids is 1. The van der Waals surface area contributed by atoms with Crippen LogP contribution in [-0.4, -0.2) is 23.7 Å². The van der Waals surface area contributed by atoms with Crippen LogP contribution < -0.4 is 4.90 Å². The van der Waals surface area contributed by atoms with E-state index in [-0.39, 0.29) is 10.0 Å². The van der Waals surface area contributed by atoms with Crippen molar-refractivity contribution in [2.45, 2.75) is 38.1 Å². The number of rotatable bonds is 2. The molecular weight excluding hydrogens is 325 g/mol. The zero-order valence-corrected chi connectivity index (χ0v) is 12.7. The first-order chi connectivity index (χ1) is 9.59. The van der Waals surface area contributed by atoms with Crippen LogP contribution in [0.15, 0.2) is 16.6 Å². The molecule has 0 spiro atoms. The minimum Gasteiger partial charge on any atom is -0.478 e. The van der Waals surface area contributed by atoms with Crippen molar-refractivity contribution < 1.29 is 14.3 Å². The SMILES string of the molecule is O=C(O)c1ccc(N2CCC3CCCCC32)c(F)c1Br. The van der Waals surface area contributed by atoms with Gasteiger partial charge in [0.15, 0.2) is 5.82 Å². The van der Waals surface area contributed by atoms with Crippen molar-refractivity contribution in [3.8, 4) is 0 Å². The Bertz CT molecular complexity index is 549. The van der Waals surface area contributed by atoms with Crippen molar-refractivity contribution in [2.75, 3.05) is 11.4 Å². The smallest absolute Gasteiger partial charge is 0.336 e. The topological polar surface area (TPSA) is 40.5 Å². The maximum Gasteiger partial charge on any atom is 0.336 e. The Morgan fingerprint density at radius 3 is 2.80 bits per heavy atom. The molecule has 1 aromatic carbocycles. The summed E-state index contributed by atoms with van der Waals surface area (Å²) in [6, 6.07) is 3.52. The predicted octanol–water partition coefficient (Wildman–Crippen LogP) is 4.06. The van der Waals surface area contributed by atoms with E-state index in [1.807, 2.05) is 0 Å². The molecule has 1 N–H and O–H groups in total. The third-order valence-corrected chi connectivity index (χ3v) is 5.39. The van der Waals surface area contributed by atoms with Gasteiger partial charge in [-0.2, -0.15) is 0 Å². The highest BCUT2D eigenvalue weighted by molar-refractivity contribution is 9.10. The quantitative estimate of drug-likeness (QED) is 0.881. The van der Waals surface area contributed by atoms with Crippen LogP contribution in [0.5, 0.6) is 0 Å². The molecule has 1 saturated heterocycles. The van der Waals surface area contributed by atoms with E-state index in [0.29, 0.717) is 17.6 Å². The van der Waals surface area contributed by atoms with E-state index in [1.165, 1.54) is 25.3 Å². The number of anilines is 1. The first-order valence-electron chi connectivity index (χ1n) is 7.07. The zero-order chi connectivity index (χ0) is 14.3. The second-order valence-electron chi connectivity index (χ2n) is 5.66. The molecule has 2 aliphatic rings. The fourth-order valence-corrected chi connectivity index (χ4v) is 4.14. The molecule has 0 aromatic heterocycles. The predicted molar refractivity (Wildman–Crippen MR) is 78.8 cm³/mol. The van der Waals surface area contributed by atoms with Crippen molar-refractivity contribution in [3.63, 3.8) is 0 Å².